The third kappa shape index (κ3) is 2.99. The molecule has 0 aliphatic rings. The van der Waals surface area contributed by atoms with Crippen LogP contribution in [0.2, 0.25) is 0 Å². The molecule has 0 radical (unpaired) electrons. The molecule has 0 saturated carbocycles. The molecule has 2 rings (SSSR count). The highest BCUT2D eigenvalue weighted by Gasteiger charge is 2.07. The lowest BCUT2D eigenvalue weighted by molar-refractivity contribution is 1.12. The molecule has 0 fully saturated rings. The number of nitrogens with zero attached hydrogens (tertiary/aromatic N) is 2. The van der Waals surface area contributed by atoms with E-state index in [0.717, 1.165) is 11.4 Å². The van der Waals surface area contributed by atoms with Crippen molar-refractivity contribution >= 4 is 22.7 Å². The zero-order chi connectivity index (χ0) is 13.8. The Kier molecular flexibility index (Phi) is 3.95. The van der Waals surface area contributed by atoms with Crippen LogP contribution in [0.5, 0.6) is 0 Å². The summed E-state index contributed by atoms with van der Waals surface area (Å²) in [4.78, 5) is 4.22. The fourth-order valence-corrected chi connectivity index (χ4v) is 2.08. The second-order valence-electron chi connectivity index (χ2n) is 4.95. The smallest absolute Gasteiger partial charge is 0.0622 e. The Morgan fingerprint density at radius 2 is 1.00 bits per heavy atom. The Morgan fingerprint density at radius 3 is 1.37 bits per heavy atom. The molecule has 0 saturated heterocycles. The van der Waals surface area contributed by atoms with Crippen LogP contribution in [0.25, 0.3) is 0 Å². The van der Waals surface area contributed by atoms with Crippen LogP contribution < -0.4 is 15.1 Å². The van der Waals surface area contributed by atoms with Gasteiger partial charge in [0, 0.05) is 28.2 Å². The molecule has 2 aromatic rings. The van der Waals surface area contributed by atoms with Gasteiger partial charge in [-0.15, -0.1) is 0 Å². The highest BCUT2D eigenvalue weighted by atomic mass is 15.1. The summed E-state index contributed by atoms with van der Waals surface area (Å²) in [5.41, 5.74) is 4.58. The molecular formula is C16H21N3. The first-order valence-electron chi connectivity index (χ1n) is 6.39. The summed E-state index contributed by atoms with van der Waals surface area (Å²) in [6.45, 7) is 0. The maximum atomic E-state index is 3.52. The van der Waals surface area contributed by atoms with E-state index in [1.807, 2.05) is 12.1 Å². The third-order valence-electron chi connectivity index (χ3n) is 3.04. The second-order valence-corrected chi connectivity index (χ2v) is 4.95. The molecule has 0 atom stereocenters. The first-order valence-corrected chi connectivity index (χ1v) is 6.39. The van der Waals surface area contributed by atoms with E-state index in [1.54, 1.807) is 0 Å². The molecule has 3 heteroatoms. The Bertz CT molecular complexity index is 498. The van der Waals surface area contributed by atoms with Gasteiger partial charge in [-0.3, -0.25) is 0 Å². The van der Waals surface area contributed by atoms with Crippen molar-refractivity contribution in [1.29, 1.82) is 0 Å². The van der Waals surface area contributed by atoms with Crippen LogP contribution in [0.1, 0.15) is 0 Å². The molecule has 100 valence electrons. The number of rotatable bonds is 4. The number of hydrogen-bond donors (Lipinski definition) is 1. The van der Waals surface area contributed by atoms with Crippen LogP contribution >= 0.6 is 0 Å². The lowest BCUT2D eigenvalue weighted by atomic mass is 10.2. The summed E-state index contributed by atoms with van der Waals surface area (Å²) in [5.74, 6) is 0. The van der Waals surface area contributed by atoms with Gasteiger partial charge < -0.3 is 15.1 Å². The minimum atomic E-state index is 1.11. The Balaban J connectivity index is 2.37. The van der Waals surface area contributed by atoms with Crippen molar-refractivity contribution in [3.05, 3.63) is 48.5 Å². The van der Waals surface area contributed by atoms with Gasteiger partial charge in [0.05, 0.1) is 22.7 Å². The van der Waals surface area contributed by atoms with Gasteiger partial charge in [-0.05, 0) is 24.3 Å². The molecule has 0 spiro atoms. The van der Waals surface area contributed by atoms with Gasteiger partial charge >= 0.3 is 0 Å². The minimum absolute atomic E-state index is 1.11. The highest BCUT2D eigenvalue weighted by molar-refractivity contribution is 5.81. The summed E-state index contributed by atoms with van der Waals surface area (Å²) in [6, 6.07) is 16.6. The van der Waals surface area contributed by atoms with E-state index in [0.29, 0.717) is 0 Å². The molecular weight excluding hydrogens is 234 g/mol. The summed E-state index contributed by atoms with van der Waals surface area (Å²) in [5, 5.41) is 3.52. The van der Waals surface area contributed by atoms with E-state index in [9.17, 15) is 0 Å². The molecule has 0 heterocycles. The van der Waals surface area contributed by atoms with Crippen LogP contribution in [-0.2, 0) is 0 Å². The van der Waals surface area contributed by atoms with Crippen molar-refractivity contribution in [2.75, 3.05) is 43.3 Å². The maximum Gasteiger partial charge on any atom is 0.0622 e. The summed E-state index contributed by atoms with van der Waals surface area (Å²) in [6.07, 6.45) is 0. The van der Waals surface area contributed by atoms with E-state index in [1.165, 1.54) is 11.4 Å². The minimum Gasteiger partial charge on any atom is -0.376 e. The van der Waals surface area contributed by atoms with Gasteiger partial charge in [0.2, 0.25) is 0 Å². The van der Waals surface area contributed by atoms with Crippen LogP contribution in [-0.4, -0.2) is 28.2 Å². The van der Waals surface area contributed by atoms with Gasteiger partial charge in [-0.25, -0.2) is 0 Å². The quantitative estimate of drug-likeness (QED) is 0.901. The van der Waals surface area contributed by atoms with Gasteiger partial charge in [0.15, 0.2) is 0 Å². The molecule has 0 aliphatic carbocycles. The third-order valence-corrected chi connectivity index (χ3v) is 3.04. The van der Waals surface area contributed by atoms with Crippen molar-refractivity contribution in [3.8, 4) is 0 Å². The summed E-state index contributed by atoms with van der Waals surface area (Å²) in [7, 11) is 8.22. The van der Waals surface area contributed by atoms with Crippen molar-refractivity contribution in [2.24, 2.45) is 0 Å². The number of para-hydroxylation sites is 4. The molecule has 19 heavy (non-hydrogen) atoms. The van der Waals surface area contributed by atoms with Crippen molar-refractivity contribution in [2.45, 2.75) is 0 Å². The monoisotopic (exact) mass is 255 g/mol. The van der Waals surface area contributed by atoms with Gasteiger partial charge in [0.1, 0.15) is 0 Å². The Morgan fingerprint density at radius 1 is 0.632 bits per heavy atom. The number of hydrogen-bond acceptors (Lipinski definition) is 3. The van der Waals surface area contributed by atoms with Crippen molar-refractivity contribution in [3.63, 3.8) is 0 Å². The maximum absolute atomic E-state index is 3.52. The van der Waals surface area contributed by atoms with E-state index >= 15 is 0 Å². The van der Waals surface area contributed by atoms with Crippen LogP contribution in [0.3, 0.4) is 0 Å². The lowest BCUT2D eigenvalue weighted by Crippen LogP contribution is -2.13. The normalized spacial score (nSPS) is 10.1. The van der Waals surface area contributed by atoms with Crippen LogP contribution in [0, 0.1) is 0 Å². The standard InChI is InChI=1S/C16H21N3/c1-18(2)15-11-7-5-9-13(15)17-14-10-6-8-12-16(14)19(3)4/h5-12,17H,1-4H3. The molecule has 2 aromatic carbocycles. The molecule has 0 unspecified atom stereocenters. The first kappa shape index (κ1) is 13.3. The largest absolute Gasteiger partial charge is 0.376 e. The molecule has 3 nitrogen and oxygen atoms in total. The molecule has 0 bridgehead atoms. The van der Waals surface area contributed by atoms with Gasteiger partial charge in [0.25, 0.3) is 0 Å². The second kappa shape index (κ2) is 5.65. The fraction of sp³-hybridized carbons (Fsp3) is 0.250. The summed E-state index contributed by atoms with van der Waals surface area (Å²) >= 11 is 0. The van der Waals surface area contributed by atoms with E-state index < -0.39 is 0 Å². The van der Waals surface area contributed by atoms with Crippen molar-refractivity contribution < 1.29 is 0 Å². The topological polar surface area (TPSA) is 18.5 Å². The van der Waals surface area contributed by atoms with E-state index in [4.69, 9.17) is 0 Å². The number of nitrogens with one attached hydrogen (secondary N) is 1. The molecule has 0 amide bonds. The predicted molar refractivity (Wildman–Crippen MR) is 84.8 cm³/mol. The Hall–Kier alpha value is -2.16. The van der Waals surface area contributed by atoms with Crippen LogP contribution in [0.4, 0.5) is 22.7 Å². The SMILES string of the molecule is CN(C)c1ccccc1Nc1ccccc1N(C)C. The van der Waals surface area contributed by atoms with Crippen molar-refractivity contribution in [1.82, 2.24) is 0 Å². The highest BCUT2D eigenvalue weighted by Crippen LogP contribution is 2.31. The molecule has 0 aliphatic heterocycles. The zero-order valence-corrected chi connectivity index (χ0v) is 12.0. The average Bonchev–Trinajstić information content (AvgIpc) is 2.39. The lowest BCUT2D eigenvalue weighted by Gasteiger charge is -2.22. The fourth-order valence-electron chi connectivity index (χ4n) is 2.08. The Labute approximate surface area is 115 Å². The predicted octanol–water partition coefficient (Wildman–Crippen LogP) is 3.56. The number of benzene rings is 2. The average molecular weight is 255 g/mol. The molecule has 1 N–H and O–H groups in total. The van der Waals surface area contributed by atoms with Gasteiger partial charge in [-0.1, -0.05) is 24.3 Å². The zero-order valence-electron chi connectivity index (χ0n) is 12.0. The number of anilines is 4. The van der Waals surface area contributed by atoms with E-state index in [-0.39, 0.29) is 0 Å². The van der Waals surface area contributed by atoms with E-state index in [2.05, 4.69) is 79.7 Å². The first-order chi connectivity index (χ1) is 9.09. The van der Waals surface area contributed by atoms with Gasteiger partial charge in [-0.2, -0.15) is 0 Å². The van der Waals surface area contributed by atoms with Crippen LogP contribution in [0.15, 0.2) is 48.5 Å². The molecule has 0 aromatic heterocycles. The summed E-state index contributed by atoms with van der Waals surface area (Å²) < 4.78 is 0.